The van der Waals surface area contributed by atoms with Crippen LogP contribution in [0.3, 0.4) is 0 Å². The number of carbonyl (C=O) groups is 1. The zero-order chi connectivity index (χ0) is 13.1. The Morgan fingerprint density at radius 2 is 2.00 bits per heavy atom. The fourth-order valence-corrected chi connectivity index (χ4v) is 2.19. The number of nitrogens with zero attached hydrogens (tertiary/aromatic N) is 1. The maximum absolute atomic E-state index is 11.5. The maximum Gasteiger partial charge on any atom is 0.310 e. The van der Waals surface area contributed by atoms with E-state index in [2.05, 4.69) is 32.6 Å². The molecule has 1 rings (SSSR count). The minimum absolute atomic E-state index is 0.0228. The molecule has 0 spiro atoms. The van der Waals surface area contributed by atoms with Crippen molar-refractivity contribution in [3.05, 3.63) is 0 Å². The maximum atomic E-state index is 11.5. The Kier molecular flexibility index (Phi) is 4.95. The average Bonchev–Trinajstić information content (AvgIpc) is 2.57. The first kappa shape index (κ1) is 14.5. The van der Waals surface area contributed by atoms with Crippen molar-refractivity contribution in [2.45, 2.75) is 33.3 Å². The summed E-state index contributed by atoms with van der Waals surface area (Å²) in [4.78, 5) is 13.8. The molecule has 1 heterocycles. The lowest BCUT2D eigenvalue weighted by Gasteiger charge is -2.22. The second-order valence-electron chi connectivity index (χ2n) is 5.83. The van der Waals surface area contributed by atoms with Crippen LogP contribution in [-0.2, 0) is 14.3 Å². The minimum Gasteiger partial charge on any atom is -0.469 e. The molecule has 0 aliphatic carbocycles. The van der Waals surface area contributed by atoms with Gasteiger partial charge in [0.05, 0.1) is 25.2 Å². The fraction of sp³-hybridized carbons (Fsp3) is 0.923. The summed E-state index contributed by atoms with van der Waals surface area (Å²) in [5.74, 6) is 0.309. The van der Waals surface area contributed by atoms with E-state index in [0.29, 0.717) is 12.5 Å². The molecule has 0 saturated carbocycles. The molecular weight excluding hydrogens is 218 g/mol. The highest BCUT2D eigenvalue weighted by molar-refractivity contribution is 5.73. The Morgan fingerprint density at radius 3 is 2.53 bits per heavy atom. The number of ether oxygens (including phenoxy) is 2. The highest BCUT2D eigenvalue weighted by Gasteiger charge is 2.35. The summed E-state index contributed by atoms with van der Waals surface area (Å²) >= 11 is 0. The smallest absolute Gasteiger partial charge is 0.310 e. The minimum atomic E-state index is -0.0902. The van der Waals surface area contributed by atoms with Gasteiger partial charge in [-0.3, -0.25) is 9.69 Å². The zero-order valence-corrected chi connectivity index (χ0v) is 11.7. The van der Waals surface area contributed by atoms with Crippen molar-refractivity contribution in [2.24, 2.45) is 11.8 Å². The summed E-state index contributed by atoms with van der Waals surface area (Å²) in [5, 5.41) is 0. The topological polar surface area (TPSA) is 38.8 Å². The quantitative estimate of drug-likeness (QED) is 0.702. The Bertz CT molecular complexity index is 260. The normalized spacial score (nSPS) is 26.2. The summed E-state index contributed by atoms with van der Waals surface area (Å²) in [6.45, 7) is 11.6. The van der Waals surface area contributed by atoms with E-state index in [9.17, 15) is 4.79 Å². The number of esters is 1. The van der Waals surface area contributed by atoms with Crippen molar-refractivity contribution in [1.29, 1.82) is 0 Å². The Labute approximate surface area is 104 Å². The van der Waals surface area contributed by atoms with Gasteiger partial charge in [0, 0.05) is 19.6 Å². The number of hydrogen-bond donors (Lipinski definition) is 0. The van der Waals surface area contributed by atoms with E-state index >= 15 is 0 Å². The van der Waals surface area contributed by atoms with Crippen LogP contribution in [0.5, 0.6) is 0 Å². The van der Waals surface area contributed by atoms with E-state index in [1.165, 1.54) is 7.11 Å². The third kappa shape index (κ3) is 4.64. The predicted molar refractivity (Wildman–Crippen MR) is 66.8 cm³/mol. The van der Waals surface area contributed by atoms with Crippen molar-refractivity contribution in [3.8, 4) is 0 Å². The van der Waals surface area contributed by atoms with Crippen LogP contribution in [0.4, 0.5) is 0 Å². The molecule has 0 N–H and O–H groups in total. The molecule has 2 atom stereocenters. The molecule has 4 heteroatoms. The molecule has 17 heavy (non-hydrogen) atoms. The lowest BCUT2D eigenvalue weighted by atomic mass is 9.99. The molecule has 100 valence electrons. The van der Waals surface area contributed by atoms with Gasteiger partial charge in [-0.1, -0.05) is 6.92 Å². The molecule has 1 aliphatic rings. The van der Waals surface area contributed by atoms with Crippen LogP contribution in [0.2, 0.25) is 0 Å². The SMILES string of the molecule is COC(=O)C1CN(CCOC(C)(C)C)CC1C. The summed E-state index contributed by atoms with van der Waals surface area (Å²) in [5.41, 5.74) is -0.0902. The number of likely N-dealkylation sites (tertiary alicyclic amines) is 1. The first-order valence-corrected chi connectivity index (χ1v) is 6.27. The van der Waals surface area contributed by atoms with Gasteiger partial charge in [0.1, 0.15) is 0 Å². The number of carbonyl (C=O) groups excluding carboxylic acids is 1. The van der Waals surface area contributed by atoms with Crippen molar-refractivity contribution in [2.75, 3.05) is 33.4 Å². The summed E-state index contributed by atoms with van der Waals surface area (Å²) in [7, 11) is 1.46. The second-order valence-corrected chi connectivity index (χ2v) is 5.83. The van der Waals surface area contributed by atoms with E-state index in [4.69, 9.17) is 9.47 Å². The monoisotopic (exact) mass is 243 g/mol. The first-order valence-electron chi connectivity index (χ1n) is 6.27. The van der Waals surface area contributed by atoms with Crippen LogP contribution < -0.4 is 0 Å². The van der Waals surface area contributed by atoms with Gasteiger partial charge in [0.25, 0.3) is 0 Å². The van der Waals surface area contributed by atoms with Gasteiger partial charge in [-0.15, -0.1) is 0 Å². The Hall–Kier alpha value is -0.610. The van der Waals surface area contributed by atoms with E-state index in [1.807, 2.05) is 0 Å². The van der Waals surface area contributed by atoms with Gasteiger partial charge in [-0.05, 0) is 26.7 Å². The Morgan fingerprint density at radius 1 is 1.35 bits per heavy atom. The molecule has 0 bridgehead atoms. The van der Waals surface area contributed by atoms with Gasteiger partial charge >= 0.3 is 5.97 Å². The lowest BCUT2D eigenvalue weighted by Crippen LogP contribution is -2.30. The molecule has 0 aromatic carbocycles. The van der Waals surface area contributed by atoms with E-state index in [1.54, 1.807) is 0 Å². The molecule has 0 radical (unpaired) electrons. The van der Waals surface area contributed by atoms with Crippen LogP contribution in [0.1, 0.15) is 27.7 Å². The molecule has 0 amide bonds. The van der Waals surface area contributed by atoms with Crippen LogP contribution in [0, 0.1) is 11.8 Å². The second kappa shape index (κ2) is 5.83. The average molecular weight is 243 g/mol. The van der Waals surface area contributed by atoms with Crippen LogP contribution >= 0.6 is 0 Å². The van der Waals surface area contributed by atoms with Gasteiger partial charge in [0.2, 0.25) is 0 Å². The predicted octanol–water partition coefficient (Wildman–Crippen LogP) is 1.54. The molecule has 1 fully saturated rings. The van der Waals surface area contributed by atoms with Crippen LogP contribution in [0.15, 0.2) is 0 Å². The van der Waals surface area contributed by atoms with Gasteiger partial charge in [0.15, 0.2) is 0 Å². The lowest BCUT2D eigenvalue weighted by molar-refractivity contribution is -0.146. The van der Waals surface area contributed by atoms with Crippen molar-refractivity contribution < 1.29 is 14.3 Å². The fourth-order valence-electron chi connectivity index (χ4n) is 2.19. The van der Waals surface area contributed by atoms with Crippen LogP contribution in [-0.4, -0.2) is 49.8 Å². The van der Waals surface area contributed by atoms with Crippen LogP contribution in [0.25, 0.3) is 0 Å². The van der Waals surface area contributed by atoms with Crippen molar-refractivity contribution in [3.63, 3.8) is 0 Å². The molecule has 1 aliphatic heterocycles. The van der Waals surface area contributed by atoms with Gasteiger partial charge < -0.3 is 9.47 Å². The molecule has 4 nitrogen and oxygen atoms in total. The largest absolute Gasteiger partial charge is 0.469 e. The Balaban J connectivity index is 2.32. The third-order valence-electron chi connectivity index (χ3n) is 3.13. The summed E-state index contributed by atoms with van der Waals surface area (Å²) < 4.78 is 10.5. The van der Waals surface area contributed by atoms with E-state index in [0.717, 1.165) is 19.6 Å². The summed E-state index contributed by atoms with van der Waals surface area (Å²) in [6.07, 6.45) is 0. The van der Waals surface area contributed by atoms with E-state index in [-0.39, 0.29) is 17.5 Å². The standard InChI is InChI=1S/C13H25NO3/c1-10-8-14(6-7-17-13(2,3)4)9-11(10)12(15)16-5/h10-11H,6-9H2,1-5H3. The highest BCUT2D eigenvalue weighted by Crippen LogP contribution is 2.23. The number of rotatable bonds is 4. The van der Waals surface area contributed by atoms with E-state index < -0.39 is 0 Å². The van der Waals surface area contributed by atoms with Gasteiger partial charge in [-0.2, -0.15) is 0 Å². The molecule has 2 unspecified atom stereocenters. The number of methoxy groups -OCH3 is 1. The molecule has 1 saturated heterocycles. The number of hydrogen-bond acceptors (Lipinski definition) is 4. The zero-order valence-electron chi connectivity index (χ0n) is 11.7. The molecule has 0 aromatic rings. The van der Waals surface area contributed by atoms with Crippen molar-refractivity contribution in [1.82, 2.24) is 4.90 Å². The van der Waals surface area contributed by atoms with Crippen molar-refractivity contribution >= 4 is 5.97 Å². The molecular formula is C13H25NO3. The highest BCUT2D eigenvalue weighted by atomic mass is 16.5. The third-order valence-corrected chi connectivity index (χ3v) is 3.13. The summed E-state index contributed by atoms with van der Waals surface area (Å²) in [6, 6.07) is 0. The molecule has 0 aromatic heterocycles. The first-order chi connectivity index (χ1) is 7.83. The van der Waals surface area contributed by atoms with Gasteiger partial charge in [-0.25, -0.2) is 0 Å².